The minimum atomic E-state index is -0.0155. The standard InChI is InChI=1S/C18H20N4O2/c1-13(23)21-8-7-18(10-21)11-22(12-18)17(24)16-15(9-19-20-16)14-5-3-2-4-6-14/h2-6,9H,7-8,10-12H2,1H3,(H,19,20). The van der Waals surface area contributed by atoms with Crippen LogP contribution in [0.5, 0.6) is 0 Å². The lowest BCUT2D eigenvalue weighted by Gasteiger charge is -2.47. The SMILES string of the molecule is CC(=O)N1CCC2(C1)CN(C(=O)c1[nH]ncc1-c1ccccc1)C2. The van der Waals surface area contributed by atoms with Crippen LogP contribution in [-0.2, 0) is 4.79 Å². The highest BCUT2D eigenvalue weighted by molar-refractivity contribution is 5.99. The molecule has 2 fully saturated rings. The van der Waals surface area contributed by atoms with Crippen molar-refractivity contribution in [2.45, 2.75) is 13.3 Å². The summed E-state index contributed by atoms with van der Waals surface area (Å²) in [4.78, 5) is 28.1. The fourth-order valence-electron chi connectivity index (χ4n) is 3.81. The molecule has 2 amide bonds. The van der Waals surface area contributed by atoms with Gasteiger partial charge in [-0.25, -0.2) is 0 Å². The fraction of sp³-hybridized carbons (Fsp3) is 0.389. The molecule has 6 heteroatoms. The van der Waals surface area contributed by atoms with Crippen molar-refractivity contribution in [1.29, 1.82) is 0 Å². The van der Waals surface area contributed by atoms with Crippen molar-refractivity contribution < 1.29 is 9.59 Å². The lowest BCUT2D eigenvalue weighted by atomic mass is 9.79. The number of H-pyrrole nitrogens is 1. The molecule has 0 bridgehead atoms. The molecule has 1 N–H and O–H groups in total. The zero-order chi connectivity index (χ0) is 16.7. The Bertz CT molecular complexity index is 777. The van der Waals surface area contributed by atoms with E-state index in [4.69, 9.17) is 0 Å². The Morgan fingerprint density at radius 3 is 2.50 bits per heavy atom. The maximum absolute atomic E-state index is 12.8. The first-order valence-corrected chi connectivity index (χ1v) is 8.22. The lowest BCUT2D eigenvalue weighted by molar-refractivity contribution is -0.128. The summed E-state index contributed by atoms with van der Waals surface area (Å²) < 4.78 is 0. The first kappa shape index (κ1) is 14.9. The van der Waals surface area contributed by atoms with Gasteiger partial charge in [0.05, 0.1) is 6.20 Å². The van der Waals surface area contributed by atoms with E-state index in [1.807, 2.05) is 40.1 Å². The third kappa shape index (κ3) is 2.38. The van der Waals surface area contributed by atoms with Crippen LogP contribution in [0.25, 0.3) is 11.1 Å². The number of nitrogens with zero attached hydrogens (tertiary/aromatic N) is 3. The number of rotatable bonds is 2. The number of carbonyl (C=O) groups is 2. The van der Waals surface area contributed by atoms with Crippen LogP contribution in [0.3, 0.4) is 0 Å². The quantitative estimate of drug-likeness (QED) is 0.915. The Balaban J connectivity index is 1.48. The van der Waals surface area contributed by atoms with Crippen molar-refractivity contribution in [2.75, 3.05) is 26.2 Å². The molecule has 6 nitrogen and oxygen atoms in total. The van der Waals surface area contributed by atoms with Gasteiger partial charge in [0.15, 0.2) is 0 Å². The van der Waals surface area contributed by atoms with Gasteiger partial charge >= 0.3 is 0 Å². The summed E-state index contributed by atoms with van der Waals surface area (Å²) in [5.74, 6) is 0.106. The van der Waals surface area contributed by atoms with Gasteiger partial charge in [-0.05, 0) is 12.0 Å². The number of nitrogens with one attached hydrogen (secondary N) is 1. The summed E-state index contributed by atoms with van der Waals surface area (Å²) in [6, 6.07) is 9.79. The molecule has 1 aromatic heterocycles. The van der Waals surface area contributed by atoms with Gasteiger partial charge in [0.25, 0.3) is 5.91 Å². The monoisotopic (exact) mass is 324 g/mol. The number of amides is 2. The molecule has 2 aliphatic heterocycles. The maximum atomic E-state index is 12.8. The minimum absolute atomic E-state index is 0.0155. The van der Waals surface area contributed by atoms with E-state index in [9.17, 15) is 9.59 Å². The number of likely N-dealkylation sites (tertiary alicyclic amines) is 2. The number of hydrogen-bond acceptors (Lipinski definition) is 3. The predicted octanol–water partition coefficient (Wildman–Crippen LogP) is 1.77. The van der Waals surface area contributed by atoms with Gasteiger partial charge in [-0.2, -0.15) is 5.10 Å². The van der Waals surface area contributed by atoms with Crippen molar-refractivity contribution >= 4 is 11.8 Å². The Labute approximate surface area is 140 Å². The van der Waals surface area contributed by atoms with Crippen LogP contribution in [0, 0.1) is 5.41 Å². The van der Waals surface area contributed by atoms with E-state index in [1.165, 1.54) is 0 Å². The second-order valence-electron chi connectivity index (χ2n) is 6.88. The third-order valence-electron chi connectivity index (χ3n) is 5.16. The number of carbonyl (C=O) groups excluding carboxylic acids is 2. The second kappa shape index (κ2) is 5.47. The van der Waals surface area contributed by atoms with E-state index in [1.54, 1.807) is 13.1 Å². The molecule has 1 spiro atoms. The molecule has 0 saturated carbocycles. The Morgan fingerprint density at radius 2 is 1.83 bits per heavy atom. The number of hydrogen-bond donors (Lipinski definition) is 1. The molecule has 1 aromatic carbocycles. The molecule has 2 saturated heterocycles. The summed E-state index contributed by atoms with van der Waals surface area (Å²) in [6.07, 6.45) is 2.68. The molecular formula is C18H20N4O2. The van der Waals surface area contributed by atoms with Gasteiger partial charge < -0.3 is 9.80 Å². The van der Waals surface area contributed by atoms with Gasteiger partial charge in [0, 0.05) is 44.1 Å². The van der Waals surface area contributed by atoms with Crippen LogP contribution in [0.1, 0.15) is 23.8 Å². The zero-order valence-corrected chi connectivity index (χ0v) is 13.7. The third-order valence-corrected chi connectivity index (χ3v) is 5.16. The van der Waals surface area contributed by atoms with E-state index in [2.05, 4.69) is 10.2 Å². The molecule has 0 aliphatic carbocycles. The average molecular weight is 324 g/mol. The fourth-order valence-corrected chi connectivity index (χ4v) is 3.81. The van der Waals surface area contributed by atoms with Crippen molar-refractivity contribution in [3.8, 4) is 11.1 Å². The Morgan fingerprint density at radius 1 is 1.12 bits per heavy atom. The molecule has 2 aliphatic rings. The highest BCUT2D eigenvalue weighted by atomic mass is 16.2. The summed E-state index contributed by atoms with van der Waals surface area (Å²) in [7, 11) is 0. The second-order valence-corrected chi connectivity index (χ2v) is 6.88. The van der Waals surface area contributed by atoms with Crippen LogP contribution >= 0.6 is 0 Å². The summed E-state index contributed by atoms with van der Waals surface area (Å²) in [5, 5.41) is 6.91. The van der Waals surface area contributed by atoms with E-state index in [-0.39, 0.29) is 17.2 Å². The lowest BCUT2D eigenvalue weighted by Crippen LogP contribution is -2.59. The molecule has 4 rings (SSSR count). The molecule has 3 heterocycles. The van der Waals surface area contributed by atoms with E-state index in [0.29, 0.717) is 18.8 Å². The van der Waals surface area contributed by atoms with E-state index in [0.717, 1.165) is 30.6 Å². The molecule has 0 atom stereocenters. The Hall–Kier alpha value is -2.63. The van der Waals surface area contributed by atoms with Crippen LogP contribution in [0.15, 0.2) is 36.5 Å². The highest BCUT2D eigenvalue weighted by Crippen LogP contribution is 2.40. The first-order valence-electron chi connectivity index (χ1n) is 8.22. The van der Waals surface area contributed by atoms with Crippen LogP contribution in [0.2, 0.25) is 0 Å². The predicted molar refractivity (Wildman–Crippen MR) is 89.2 cm³/mol. The van der Waals surface area contributed by atoms with Crippen molar-refractivity contribution in [3.63, 3.8) is 0 Å². The van der Waals surface area contributed by atoms with Crippen LogP contribution < -0.4 is 0 Å². The maximum Gasteiger partial charge on any atom is 0.272 e. The Kier molecular flexibility index (Phi) is 3.40. The van der Waals surface area contributed by atoms with Gasteiger partial charge in [-0.1, -0.05) is 30.3 Å². The van der Waals surface area contributed by atoms with Crippen molar-refractivity contribution in [2.24, 2.45) is 5.41 Å². The molecule has 124 valence electrons. The van der Waals surface area contributed by atoms with Crippen LogP contribution in [-0.4, -0.2) is 58.0 Å². The zero-order valence-electron chi connectivity index (χ0n) is 13.7. The molecule has 0 unspecified atom stereocenters. The summed E-state index contributed by atoms with van der Waals surface area (Å²) in [6.45, 7) is 4.60. The summed E-state index contributed by atoms with van der Waals surface area (Å²) in [5.41, 5.74) is 2.44. The first-order chi connectivity index (χ1) is 11.6. The number of benzene rings is 1. The van der Waals surface area contributed by atoms with E-state index < -0.39 is 0 Å². The molecular weight excluding hydrogens is 304 g/mol. The van der Waals surface area contributed by atoms with Gasteiger partial charge in [0.2, 0.25) is 5.91 Å². The number of aromatic amines is 1. The molecule has 2 aromatic rings. The minimum Gasteiger partial charge on any atom is -0.342 e. The average Bonchev–Trinajstić information content (AvgIpc) is 3.21. The van der Waals surface area contributed by atoms with Crippen molar-refractivity contribution in [3.05, 3.63) is 42.2 Å². The number of aromatic nitrogens is 2. The smallest absolute Gasteiger partial charge is 0.272 e. The largest absolute Gasteiger partial charge is 0.342 e. The van der Waals surface area contributed by atoms with E-state index >= 15 is 0 Å². The highest BCUT2D eigenvalue weighted by Gasteiger charge is 2.50. The molecule has 24 heavy (non-hydrogen) atoms. The normalized spacial score (nSPS) is 18.7. The van der Waals surface area contributed by atoms with Gasteiger partial charge in [0.1, 0.15) is 5.69 Å². The molecule has 0 radical (unpaired) electrons. The van der Waals surface area contributed by atoms with Crippen LogP contribution in [0.4, 0.5) is 0 Å². The topological polar surface area (TPSA) is 69.3 Å². The van der Waals surface area contributed by atoms with Crippen molar-refractivity contribution in [1.82, 2.24) is 20.0 Å². The van der Waals surface area contributed by atoms with Gasteiger partial charge in [-0.3, -0.25) is 14.7 Å². The van der Waals surface area contributed by atoms with Gasteiger partial charge in [-0.15, -0.1) is 0 Å². The summed E-state index contributed by atoms with van der Waals surface area (Å²) >= 11 is 0.